The number of esters is 1. The summed E-state index contributed by atoms with van der Waals surface area (Å²) < 4.78 is 15.8. The Balaban J connectivity index is 2.26. The van der Waals surface area contributed by atoms with Crippen molar-refractivity contribution in [3.8, 4) is 5.75 Å². The van der Waals surface area contributed by atoms with Crippen LogP contribution >= 0.6 is 0 Å². The van der Waals surface area contributed by atoms with E-state index in [1.807, 2.05) is 6.92 Å². The van der Waals surface area contributed by atoms with Crippen LogP contribution in [0.1, 0.15) is 37.6 Å². The van der Waals surface area contributed by atoms with Crippen LogP contribution in [-0.4, -0.2) is 50.1 Å². The van der Waals surface area contributed by atoms with E-state index >= 15 is 0 Å². The molecule has 7 heteroatoms. The third-order valence-electron chi connectivity index (χ3n) is 3.89. The maximum Gasteiger partial charge on any atom is 0.329 e. The first-order valence-electron chi connectivity index (χ1n) is 8.33. The summed E-state index contributed by atoms with van der Waals surface area (Å²) in [5, 5.41) is 0. The summed E-state index contributed by atoms with van der Waals surface area (Å²) in [5.74, 6) is -0.517. The van der Waals surface area contributed by atoms with Crippen LogP contribution in [0.5, 0.6) is 5.75 Å². The maximum absolute atomic E-state index is 12.4. The number of rotatable bonds is 8. The van der Waals surface area contributed by atoms with Gasteiger partial charge < -0.3 is 14.2 Å². The Morgan fingerprint density at radius 3 is 2.68 bits per heavy atom. The van der Waals surface area contributed by atoms with Crippen LogP contribution in [0.4, 0.5) is 5.69 Å². The van der Waals surface area contributed by atoms with E-state index in [1.54, 1.807) is 25.1 Å². The molecule has 0 N–H and O–H groups in total. The summed E-state index contributed by atoms with van der Waals surface area (Å²) in [6.45, 7) is 5.91. The van der Waals surface area contributed by atoms with Crippen LogP contribution in [0.3, 0.4) is 0 Å². The van der Waals surface area contributed by atoms with Crippen LogP contribution in [0.25, 0.3) is 0 Å². The first kappa shape index (κ1) is 18.9. The van der Waals surface area contributed by atoms with Gasteiger partial charge in [0, 0.05) is 12.2 Å². The molecule has 0 bridgehead atoms. The van der Waals surface area contributed by atoms with E-state index in [1.165, 1.54) is 11.8 Å². The third-order valence-corrected chi connectivity index (χ3v) is 3.89. The summed E-state index contributed by atoms with van der Waals surface area (Å²) in [5.41, 5.74) is 0.860. The van der Waals surface area contributed by atoms with E-state index < -0.39 is 12.0 Å². The van der Waals surface area contributed by atoms with Crippen LogP contribution in [0.15, 0.2) is 18.2 Å². The topological polar surface area (TPSA) is 82.1 Å². The second-order valence-electron chi connectivity index (χ2n) is 5.58. The van der Waals surface area contributed by atoms with Gasteiger partial charge in [-0.1, -0.05) is 6.92 Å². The number of fused-ring (bicyclic) bond motifs is 1. The highest BCUT2D eigenvalue weighted by Gasteiger charge is 2.36. The molecule has 1 aliphatic rings. The SMILES string of the molecule is CCOCCOC(=O)C(CC)N1C(=O)COc2ccc(C(C)=O)cc21. The van der Waals surface area contributed by atoms with Crippen LogP contribution in [-0.2, 0) is 19.1 Å². The minimum atomic E-state index is -0.779. The number of carbonyl (C=O) groups is 3. The number of nitrogens with zero attached hydrogens (tertiary/aromatic N) is 1. The molecule has 1 aliphatic heterocycles. The summed E-state index contributed by atoms with van der Waals surface area (Å²) in [7, 11) is 0. The van der Waals surface area contributed by atoms with Gasteiger partial charge in [-0.05, 0) is 38.5 Å². The smallest absolute Gasteiger partial charge is 0.329 e. The normalized spacial score (nSPS) is 14.5. The molecule has 1 aromatic rings. The highest BCUT2D eigenvalue weighted by molar-refractivity contribution is 6.04. The fraction of sp³-hybridized carbons (Fsp3) is 0.500. The van der Waals surface area contributed by atoms with Gasteiger partial charge in [0.2, 0.25) is 0 Å². The van der Waals surface area contributed by atoms with Gasteiger partial charge in [0.15, 0.2) is 12.4 Å². The quantitative estimate of drug-likeness (QED) is 0.405. The second-order valence-corrected chi connectivity index (χ2v) is 5.58. The highest BCUT2D eigenvalue weighted by Crippen LogP contribution is 2.35. The van der Waals surface area contributed by atoms with E-state index in [2.05, 4.69) is 0 Å². The fourth-order valence-electron chi connectivity index (χ4n) is 2.63. The minimum Gasteiger partial charge on any atom is -0.482 e. The molecule has 0 spiro atoms. The van der Waals surface area contributed by atoms with E-state index in [-0.39, 0.29) is 24.9 Å². The Morgan fingerprint density at radius 1 is 1.28 bits per heavy atom. The summed E-state index contributed by atoms with van der Waals surface area (Å²) in [4.78, 5) is 37.8. The van der Waals surface area contributed by atoms with Gasteiger partial charge in [0.1, 0.15) is 18.4 Å². The molecule has 7 nitrogen and oxygen atoms in total. The molecule has 0 aliphatic carbocycles. The van der Waals surface area contributed by atoms with Gasteiger partial charge in [-0.25, -0.2) is 4.79 Å². The largest absolute Gasteiger partial charge is 0.482 e. The Bertz CT molecular complexity index is 657. The zero-order valence-electron chi connectivity index (χ0n) is 14.7. The first-order chi connectivity index (χ1) is 12.0. The van der Waals surface area contributed by atoms with Crippen molar-refractivity contribution in [1.29, 1.82) is 0 Å². The van der Waals surface area contributed by atoms with Crippen LogP contribution in [0.2, 0.25) is 0 Å². The Hall–Kier alpha value is -2.41. The molecule has 2 rings (SSSR count). The van der Waals surface area contributed by atoms with E-state index in [0.717, 1.165) is 0 Å². The molecule has 0 saturated carbocycles. The highest BCUT2D eigenvalue weighted by atomic mass is 16.6. The van der Waals surface area contributed by atoms with Gasteiger partial charge in [-0.15, -0.1) is 0 Å². The van der Waals surface area contributed by atoms with Gasteiger partial charge >= 0.3 is 5.97 Å². The monoisotopic (exact) mass is 349 g/mol. The molecular formula is C18H23NO6. The average molecular weight is 349 g/mol. The van der Waals surface area contributed by atoms with Crippen molar-refractivity contribution in [2.45, 2.75) is 33.2 Å². The lowest BCUT2D eigenvalue weighted by Crippen LogP contribution is -2.50. The molecule has 1 atom stereocenters. The molecule has 136 valence electrons. The van der Waals surface area contributed by atoms with Crippen LogP contribution < -0.4 is 9.64 Å². The summed E-state index contributed by atoms with van der Waals surface area (Å²) in [6, 6.07) is 4.07. The lowest BCUT2D eigenvalue weighted by Gasteiger charge is -2.34. The molecule has 1 aromatic carbocycles. The van der Waals surface area contributed by atoms with Crippen molar-refractivity contribution in [3.63, 3.8) is 0 Å². The number of ketones is 1. The zero-order chi connectivity index (χ0) is 18.4. The van der Waals surface area contributed by atoms with Crippen LogP contribution in [0, 0.1) is 0 Å². The molecule has 1 unspecified atom stereocenters. The molecule has 0 radical (unpaired) electrons. The first-order valence-corrected chi connectivity index (χ1v) is 8.33. The molecular weight excluding hydrogens is 326 g/mol. The van der Waals surface area contributed by atoms with Gasteiger partial charge in [0.05, 0.1) is 12.3 Å². The second kappa shape index (κ2) is 8.62. The average Bonchev–Trinajstić information content (AvgIpc) is 2.60. The minimum absolute atomic E-state index is 0.127. The van der Waals surface area contributed by atoms with Crippen molar-refractivity contribution in [2.24, 2.45) is 0 Å². The van der Waals surface area contributed by atoms with E-state index in [9.17, 15) is 14.4 Å². The number of carbonyl (C=O) groups excluding carboxylic acids is 3. The van der Waals surface area contributed by atoms with E-state index in [0.29, 0.717) is 36.6 Å². The Labute approximate surface area is 146 Å². The van der Waals surface area contributed by atoms with Crippen molar-refractivity contribution in [1.82, 2.24) is 0 Å². The van der Waals surface area contributed by atoms with Gasteiger partial charge in [-0.3, -0.25) is 14.5 Å². The standard InChI is InChI=1S/C18H23NO6/c1-4-14(18(22)24-9-8-23-5-2)19-15-10-13(12(3)20)6-7-16(15)25-11-17(19)21/h6-7,10,14H,4-5,8-9,11H2,1-3H3. The third kappa shape index (κ3) is 4.36. The Morgan fingerprint density at radius 2 is 2.04 bits per heavy atom. The molecule has 1 amide bonds. The zero-order valence-corrected chi connectivity index (χ0v) is 14.7. The number of hydrogen-bond acceptors (Lipinski definition) is 6. The summed E-state index contributed by atoms with van der Waals surface area (Å²) in [6.07, 6.45) is 0.378. The Kier molecular flexibility index (Phi) is 6.52. The summed E-state index contributed by atoms with van der Waals surface area (Å²) >= 11 is 0. The van der Waals surface area contributed by atoms with Crippen molar-refractivity contribution in [2.75, 3.05) is 31.3 Å². The van der Waals surface area contributed by atoms with E-state index in [4.69, 9.17) is 14.2 Å². The number of hydrogen-bond donors (Lipinski definition) is 0. The molecule has 25 heavy (non-hydrogen) atoms. The lowest BCUT2D eigenvalue weighted by atomic mass is 10.1. The number of amides is 1. The van der Waals surface area contributed by atoms with Crippen molar-refractivity contribution in [3.05, 3.63) is 23.8 Å². The number of benzene rings is 1. The van der Waals surface area contributed by atoms with Crippen molar-refractivity contribution >= 4 is 23.3 Å². The molecule has 1 heterocycles. The fourth-order valence-corrected chi connectivity index (χ4v) is 2.63. The number of ether oxygens (including phenoxy) is 3. The molecule has 0 fully saturated rings. The predicted octanol–water partition coefficient (Wildman–Crippen LogP) is 1.97. The number of Topliss-reactive ketones (excluding diaryl/α,β-unsaturated/α-hetero) is 1. The maximum atomic E-state index is 12.4. The van der Waals surface area contributed by atoms with Gasteiger partial charge in [-0.2, -0.15) is 0 Å². The molecule has 0 aromatic heterocycles. The lowest BCUT2D eigenvalue weighted by molar-refractivity contribution is -0.148. The van der Waals surface area contributed by atoms with Gasteiger partial charge in [0.25, 0.3) is 5.91 Å². The predicted molar refractivity (Wildman–Crippen MR) is 91.0 cm³/mol. The van der Waals surface area contributed by atoms with Crippen molar-refractivity contribution < 1.29 is 28.6 Å². The number of anilines is 1. The molecule has 0 saturated heterocycles.